The van der Waals surface area contributed by atoms with E-state index in [2.05, 4.69) is 15.6 Å². The fourth-order valence-electron chi connectivity index (χ4n) is 4.23. The largest absolute Gasteiger partial charge is 0.497 e. The Morgan fingerprint density at radius 1 is 0.814 bits per heavy atom. The molecule has 2 amide bonds. The molecular formula is C33H30N4O5S. The number of nitrogens with two attached hydrogens (primary N) is 1. The van der Waals surface area contributed by atoms with Crippen molar-refractivity contribution >= 4 is 45.7 Å². The number of carbonyl (C=O) groups is 2. The number of thioether (sulfide) groups is 1. The van der Waals surface area contributed by atoms with Gasteiger partial charge in [-0.25, -0.2) is 4.99 Å². The average molecular weight is 595 g/mol. The lowest BCUT2D eigenvalue weighted by Gasteiger charge is -2.12. The fourth-order valence-corrected chi connectivity index (χ4v) is 5.35. The van der Waals surface area contributed by atoms with Crippen molar-refractivity contribution < 1.29 is 23.8 Å². The first-order valence-electron chi connectivity index (χ1n) is 13.5. The number of rotatable bonds is 10. The van der Waals surface area contributed by atoms with Crippen LogP contribution in [0, 0.1) is 0 Å². The molecule has 4 aromatic rings. The van der Waals surface area contributed by atoms with Crippen molar-refractivity contribution in [3.8, 4) is 23.0 Å². The molecule has 0 radical (unpaired) electrons. The molecule has 1 heterocycles. The molecule has 43 heavy (non-hydrogen) atoms. The summed E-state index contributed by atoms with van der Waals surface area (Å²) in [5.41, 5.74) is 8.39. The predicted octanol–water partition coefficient (Wildman–Crippen LogP) is 6.52. The number of amides is 2. The lowest BCUT2D eigenvalue weighted by Crippen LogP contribution is -2.29. The molecule has 0 saturated heterocycles. The van der Waals surface area contributed by atoms with Crippen LogP contribution >= 0.6 is 11.8 Å². The summed E-state index contributed by atoms with van der Waals surface area (Å²) in [6.07, 6.45) is 0. The third-order valence-electron chi connectivity index (χ3n) is 6.29. The number of ether oxygens (including phenoxy) is 3. The average Bonchev–Trinajstić information content (AvgIpc) is 3.35. The number of benzene rings is 4. The smallest absolute Gasteiger partial charge is 0.260 e. The van der Waals surface area contributed by atoms with Crippen molar-refractivity contribution in [2.75, 3.05) is 24.4 Å². The second kappa shape index (κ2) is 13.6. The molecular weight excluding hydrogens is 564 g/mol. The van der Waals surface area contributed by atoms with Crippen molar-refractivity contribution in [3.05, 3.63) is 114 Å². The Hall–Kier alpha value is -5.22. The SMILES string of the molecule is CCOc1ccc(N=C2S[C@@H](C(=O)Nc3ccc(Oc4ccccc4)cc3)C(N)=C2C(=O)Nc2cccc(OC)c2)cc1. The van der Waals surface area contributed by atoms with Crippen LogP contribution in [0.3, 0.4) is 0 Å². The molecule has 9 nitrogen and oxygen atoms in total. The highest BCUT2D eigenvalue weighted by molar-refractivity contribution is 8.16. The second-order valence-corrected chi connectivity index (χ2v) is 10.4. The molecule has 5 rings (SSSR count). The first-order chi connectivity index (χ1) is 20.9. The van der Waals surface area contributed by atoms with Gasteiger partial charge in [-0.05, 0) is 79.7 Å². The Morgan fingerprint density at radius 2 is 1.49 bits per heavy atom. The van der Waals surface area contributed by atoms with Gasteiger partial charge in [0.05, 0.1) is 25.0 Å². The van der Waals surface area contributed by atoms with Crippen LogP contribution in [-0.2, 0) is 9.59 Å². The molecule has 1 aliphatic heterocycles. The van der Waals surface area contributed by atoms with E-state index < -0.39 is 11.2 Å². The fraction of sp³-hybridized carbons (Fsp3) is 0.121. The molecule has 10 heteroatoms. The lowest BCUT2D eigenvalue weighted by atomic mass is 10.1. The molecule has 0 bridgehead atoms. The van der Waals surface area contributed by atoms with Gasteiger partial charge in [0.2, 0.25) is 5.91 Å². The zero-order chi connectivity index (χ0) is 30.2. The summed E-state index contributed by atoms with van der Waals surface area (Å²) < 4.78 is 16.6. The highest BCUT2D eigenvalue weighted by Gasteiger charge is 2.38. The molecule has 4 aromatic carbocycles. The Balaban J connectivity index is 1.37. The molecule has 1 atom stereocenters. The quantitative estimate of drug-likeness (QED) is 0.191. The van der Waals surface area contributed by atoms with Gasteiger partial charge in [0.25, 0.3) is 5.91 Å². The van der Waals surface area contributed by atoms with Crippen LogP contribution in [0.4, 0.5) is 17.1 Å². The van der Waals surface area contributed by atoms with Gasteiger partial charge in [-0.2, -0.15) is 0 Å². The van der Waals surface area contributed by atoms with Gasteiger partial charge in [-0.1, -0.05) is 36.0 Å². The molecule has 0 aromatic heterocycles. The number of anilines is 2. The van der Waals surface area contributed by atoms with Crippen LogP contribution in [0.1, 0.15) is 6.92 Å². The molecule has 0 saturated carbocycles. The first-order valence-corrected chi connectivity index (χ1v) is 14.4. The highest BCUT2D eigenvalue weighted by atomic mass is 32.2. The van der Waals surface area contributed by atoms with Crippen LogP contribution in [0.2, 0.25) is 0 Å². The molecule has 1 aliphatic rings. The Bertz CT molecular complexity index is 1660. The summed E-state index contributed by atoms with van der Waals surface area (Å²) in [5.74, 6) is 1.75. The third kappa shape index (κ3) is 7.35. The monoisotopic (exact) mass is 594 g/mol. The minimum absolute atomic E-state index is 0.108. The molecule has 0 unspecified atom stereocenters. The van der Waals surface area contributed by atoms with Gasteiger partial charge < -0.3 is 30.6 Å². The van der Waals surface area contributed by atoms with E-state index in [0.29, 0.717) is 51.7 Å². The lowest BCUT2D eigenvalue weighted by molar-refractivity contribution is -0.115. The maximum Gasteiger partial charge on any atom is 0.260 e. The maximum absolute atomic E-state index is 13.5. The zero-order valence-corrected chi connectivity index (χ0v) is 24.4. The van der Waals surface area contributed by atoms with Crippen molar-refractivity contribution in [1.29, 1.82) is 0 Å². The molecule has 4 N–H and O–H groups in total. The normalized spacial score (nSPS) is 15.2. The van der Waals surface area contributed by atoms with E-state index in [0.717, 1.165) is 11.8 Å². The van der Waals surface area contributed by atoms with E-state index in [1.807, 2.05) is 37.3 Å². The Labute approximate surface area is 253 Å². The van der Waals surface area contributed by atoms with E-state index in [-0.39, 0.29) is 17.2 Å². The minimum atomic E-state index is -0.882. The maximum atomic E-state index is 13.5. The van der Waals surface area contributed by atoms with Crippen LogP contribution in [-0.4, -0.2) is 35.8 Å². The number of hydrogen-bond donors (Lipinski definition) is 3. The van der Waals surface area contributed by atoms with Crippen LogP contribution < -0.4 is 30.6 Å². The summed E-state index contributed by atoms with van der Waals surface area (Å²) in [5, 5.41) is 5.18. The number of methoxy groups -OCH3 is 1. The zero-order valence-electron chi connectivity index (χ0n) is 23.6. The van der Waals surface area contributed by atoms with Crippen LogP contribution in [0.5, 0.6) is 23.0 Å². The van der Waals surface area contributed by atoms with E-state index in [1.165, 1.54) is 0 Å². The number of aliphatic imine (C=N–C) groups is 1. The Kier molecular flexibility index (Phi) is 9.28. The van der Waals surface area contributed by atoms with Gasteiger partial charge in [0, 0.05) is 23.1 Å². The molecule has 0 fully saturated rings. The predicted molar refractivity (Wildman–Crippen MR) is 171 cm³/mol. The van der Waals surface area contributed by atoms with Crippen molar-refractivity contribution in [3.63, 3.8) is 0 Å². The molecule has 0 spiro atoms. The van der Waals surface area contributed by atoms with Crippen LogP contribution in [0.15, 0.2) is 119 Å². The van der Waals surface area contributed by atoms with Gasteiger partial charge in [0.15, 0.2) is 0 Å². The second-order valence-electron chi connectivity index (χ2n) is 9.29. The molecule has 0 aliphatic carbocycles. The standard InChI is InChI=1S/C33H30N4O5S/c1-3-41-24-16-12-22(13-17-24)37-33-28(31(38)36-23-8-7-11-27(20-23)40-2)29(34)30(43-33)32(39)35-21-14-18-26(19-15-21)42-25-9-5-4-6-10-25/h4-20,30H,3,34H2,1-2H3,(H,35,39)(H,36,38)/t30-/m1/s1. The van der Waals surface area contributed by atoms with Gasteiger partial charge in [-0.15, -0.1) is 0 Å². The van der Waals surface area contributed by atoms with Gasteiger partial charge in [-0.3, -0.25) is 9.59 Å². The summed E-state index contributed by atoms with van der Waals surface area (Å²) in [4.78, 5) is 31.6. The van der Waals surface area contributed by atoms with Crippen LogP contribution in [0.25, 0.3) is 0 Å². The number of hydrogen-bond acceptors (Lipinski definition) is 8. The number of para-hydroxylation sites is 1. The van der Waals surface area contributed by atoms with Gasteiger partial charge in [0.1, 0.15) is 33.3 Å². The van der Waals surface area contributed by atoms with E-state index in [1.54, 1.807) is 79.9 Å². The Morgan fingerprint density at radius 3 is 2.19 bits per heavy atom. The summed E-state index contributed by atoms with van der Waals surface area (Å²) >= 11 is 1.11. The van der Waals surface area contributed by atoms with E-state index >= 15 is 0 Å². The summed E-state index contributed by atoms with van der Waals surface area (Å²) in [6, 6.07) is 30.5. The van der Waals surface area contributed by atoms with Gasteiger partial charge >= 0.3 is 0 Å². The van der Waals surface area contributed by atoms with Crippen molar-refractivity contribution in [1.82, 2.24) is 0 Å². The van der Waals surface area contributed by atoms with Crippen molar-refractivity contribution in [2.45, 2.75) is 12.2 Å². The molecule has 218 valence electrons. The first kappa shape index (κ1) is 29.3. The third-order valence-corrected chi connectivity index (χ3v) is 7.51. The summed E-state index contributed by atoms with van der Waals surface area (Å²) in [6.45, 7) is 2.44. The van der Waals surface area contributed by atoms with Crippen molar-refractivity contribution in [2.24, 2.45) is 10.7 Å². The summed E-state index contributed by atoms with van der Waals surface area (Å²) in [7, 11) is 1.55. The minimum Gasteiger partial charge on any atom is -0.497 e. The number of nitrogens with one attached hydrogen (secondary N) is 2. The highest BCUT2D eigenvalue weighted by Crippen LogP contribution is 2.36. The van der Waals surface area contributed by atoms with E-state index in [4.69, 9.17) is 19.9 Å². The topological polar surface area (TPSA) is 124 Å². The van der Waals surface area contributed by atoms with E-state index in [9.17, 15) is 9.59 Å². The number of carbonyl (C=O) groups excluding carboxylic acids is 2. The number of nitrogens with zero attached hydrogens (tertiary/aromatic N) is 1.